The third-order valence-corrected chi connectivity index (χ3v) is 13.9. The van der Waals surface area contributed by atoms with Crippen LogP contribution in [0, 0.1) is 23.5 Å². The molecule has 0 fully saturated rings. The van der Waals surface area contributed by atoms with Crippen LogP contribution in [0.25, 0.3) is 0 Å². The quantitative estimate of drug-likeness (QED) is 0.131. The summed E-state index contributed by atoms with van der Waals surface area (Å²) in [4.78, 5) is 39.3. The molecule has 3 aromatic rings. The number of carbonyl (C=O) groups is 2. The zero-order chi connectivity index (χ0) is 37.7. The van der Waals surface area contributed by atoms with Gasteiger partial charge in [-0.05, 0) is 118 Å². The van der Waals surface area contributed by atoms with E-state index in [1.807, 2.05) is 51.2 Å². The number of amides is 2. The molecule has 51 heavy (non-hydrogen) atoms. The lowest BCUT2D eigenvalue weighted by Gasteiger charge is -2.41. The van der Waals surface area contributed by atoms with Gasteiger partial charge in [0.05, 0.1) is 6.04 Å². The van der Waals surface area contributed by atoms with Gasteiger partial charge in [0.2, 0.25) is 5.91 Å². The fourth-order valence-corrected chi connectivity index (χ4v) is 7.39. The first-order valence-electron chi connectivity index (χ1n) is 17.3. The van der Waals surface area contributed by atoms with Gasteiger partial charge in [-0.2, -0.15) is 0 Å². The summed E-state index contributed by atoms with van der Waals surface area (Å²) >= 11 is 3.49. The van der Waals surface area contributed by atoms with Crippen LogP contribution in [0.4, 0.5) is 13.6 Å². The van der Waals surface area contributed by atoms with E-state index in [0.717, 1.165) is 10.0 Å². The van der Waals surface area contributed by atoms with Crippen LogP contribution in [0.2, 0.25) is 18.1 Å². The molecule has 4 rings (SSSR count). The van der Waals surface area contributed by atoms with E-state index in [2.05, 4.69) is 26.6 Å². The Hall–Kier alpha value is -3.32. The fraction of sp³-hybridized carbons (Fsp3) is 0.487. The summed E-state index contributed by atoms with van der Waals surface area (Å²) < 4.78 is 41.8. The highest BCUT2D eigenvalue weighted by atomic mass is 79.9. The van der Waals surface area contributed by atoms with Crippen LogP contribution in [0.1, 0.15) is 70.2 Å². The average molecular weight is 790 g/mol. The van der Waals surface area contributed by atoms with Crippen LogP contribution in [0.3, 0.4) is 0 Å². The predicted octanol–water partition coefficient (Wildman–Crippen LogP) is 8.01. The number of fused-ring (bicyclic) bond motifs is 1. The van der Waals surface area contributed by atoms with Crippen LogP contribution in [-0.4, -0.2) is 54.6 Å². The second kappa shape index (κ2) is 16.6. The summed E-state index contributed by atoms with van der Waals surface area (Å²) in [5.74, 6) is -2.40. The maximum Gasteiger partial charge on any atom is 0.407 e. The minimum absolute atomic E-state index is 0.0160. The van der Waals surface area contributed by atoms with Crippen molar-refractivity contribution in [2.24, 2.45) is 11.8 Å². The number of benzene rings is 3. The zero-order valence-electron chi connectivity index (χ0n) is 30.4. The molecule has 0 bridgehead atoms. The Bertz CT molecular complexity index is 1660. The zero-order valence-corrected chi connectivity index (χ0v) is 33.0. The summed E-state index contributed by atoms with van der Waals surface area (Å²) in [7, 11) is -2.81. The molecule has 0 spiro atoms. The molecular weight excluding hydrogens is 738 g/mol. The molecule has 3 aromatic carbocycles. The Kier molecular flexibility index (Phi) is 13.1. The highest BCUT2D eigenvalue weighted by Crippen LogP contribution is 2.44. The van der Waals surface area contributed by atoms with Gasteiger partial charge in [0.25, 0.3) is 0 Å². The monoisotopic (exact) mass is 788 g/mol. The van der Waals surface area contributed by atoms with E-state index in [1.165, 1.54) is 24.3 Å². The molecular formula is C39H51BrF2N2O6Si. The standard InChI is InChI=1S/C39H51BrF2N2O6Si/c1-38(2,3)50-37(47)43-32(18-24-12-14-28(40)15-13-24)27(22-39(4,5)51(6,7)48)20-26(19-25-10-8-9-11-31(25)42)36(46)44-35-30-21-29(41)16-17-34(30)49-23-33(35)45/h8-17,21,26-27,32-33,35,45,48H,18-20,22-23H2,1-7H3,(H,43,47)(H,44,46)/t26-,27-,32+,33-,35+/m1/s1. The number of aliphatic hydroxyl groups is 1. The molecule has 0 unspecified atom stereocenters. The van der Waals surface area contributed by atoms with Crippen LogP contribution in [0.5, 0.6) is 5.75 Å². The number of hydrogen-bond acceptors (Lipinski definition) is 6. The van der Waals surface area contributed by atoms with Gasteiger partial charge in [-0.3, -0.25) is 4.79 Å². The number of aliphatic hydroxyl groups excluding tert-OH is 1. The van der Waals surface area contributed by atoms with Crippen LogP contribution in [0.15, 0.2) is 71.2 Å². The molecule has 1 aliphatic heterocycles. The Balaban J connectivity index is 1.78. The first-order chi connectivity index (χ1) is 23.7. The Morgan fingerprint density at radius 3 is 2.31 bits per heavy atom. The predicted molar refractivity (Wildman–Crippen MR) is 200 cm³/mol. The number of ether oxygens (including phenoxy) is 2. The summed E-state index contributed by atoms with van der Waals surface area (Å²) in [6.45, 7) is 12.9. The van der Waals surface area contributed by atoms with Gasteiger partial charge < -0.3 is 30.0 Å². The highest BCUT2D eigenvalue weighted by Gasteiger charge is 2.43. The molecule has 1 aliphatic rings. The molecule has 1 heterocycles. The lowest BCUT2D eigenvalue weighted by atomic mass is 9.78. The van der Waals surface area contributed by atoms with E-state index in [9.17, 15) is 23.9 Å². The number of hydrogen-bond donors (Lipinski definition) is 4. The summed E-state index contributed by atoms with van der Waals surface area (Å²) in [6, 6.07) is 16.4. The van der Waals surface area contributed by atoms with Crippen LogP contribution < -0.4 is 15.4 Å². The van der Waals surface area contributed by atoms with Gasteiger partial charge >= 0.3 is 6.09 Å². The number of alkyl carbamates (subject to hydrolysis) is 1. The maximum absolute atomic E-state index is 15.2. The Morgan fingerprint density at radius 1 is 1.02 bits per heavy atom. The van der Waals surface area contributed by atoms with Crippen molar-refractivity contribution in [1.82, 2.24) is 10.6 Å². The van der Waals surface area contributed by atoms with Gasteiger partial charge in [-0.25, -0.2) is 13.6 Å². The molecule has 0 saturated heterocycles. The lowest BCUT2D eigenvalue weighted by Crippen LogP contribution is -2.49. The van der Waals surface area contributed by atoms with Crippen molar-refractivity contribution >= 4 is 36.2 Å². The second-order valence-electron chi connectivity index (χ2n) is 15.8. The third kappa shape index (κ3) is 11.3. The molecule has 0 radical (unpaired) electrons. The van der Waals surface area contributed by atoms with E-state index in [1.54, 1.807) is 39.0 Å². The first-order valence-corrected chi connectivity index (χ1v) is 21.1. The van der Waals surface area contributed by atoms with E-state index in [4.69, 9.17) is 9.47 Å². The molecule has 0 aliphatic carbocycles. The summed E-state index contributed by atoms with van der Waals surface area (Å²) in [5.41, 5.74) is 0.795. The normalized spacial score (nSPS) is 18.1. The van der Waals surface area contributed by atoms with Gasteiger partial charge in [0.15, 0.2) is 8.32 Å². The summed E-state index contributed by atoms with van der Waals surface area (Å²) in [5, 5.41) is 16.4. The number of rotatable bonds is 13. The molecule has 278 valence electrons. The van der Waals surface area contributed by atoms with Gasteiger partial charge in [0, 0.05) is 22.0 Å². The van der Waals surface area contributed by atoms with Crippen molar-refractivity contribution in [3.63, 3.8) is 0 Å². The SMILES string of the molecule is CC(C)(C)OC(=O)N[C@@H](Cc1ccc(Br)cc1)[C@H](C[C@@H](Cc1ccccc1F)C(=O)N[C@H]1c2cc(F)ccc2OC[C@H]1O)CC(C)(C)[Si](C)(C)O. The molecule has 12 heteroatoms. The summed E-state index contributed by atoms with van der Waals surface area (Å²) in [6.07, 6.45) is -0.767. The Morgan fingerprint density at radius 2 is 1.69 bits per heavy atom. The smallest absolute Gasteiger partial charge is 0.407 e. The molecule has 5 atom stereocenters. The maximum atomic E-state index is 15.2. The molecule has 0 aromatic heterocycles. The molecule has 0 saturated carbocycles. The van der Waals surface area contributed by atoms with Crippen molar-refractivity contribution in [3.8, 4) is 5.75 Å². The third-order valence-electron chi connectivity index (χ3n) is 9.85. The van der Waals surface area contributed by atoms with Crippen LogP contribution in [-0.2, 0) is 22.4 Å². The Labute approximate surface area is 309 Å². The van der Waals surface area contributed by atoms with Gasteiger partial charge in [-0.1, -0.05) is 60.1 Å². The van der Waals surface area contributed by atoms with Crippen molar-refractivity contribution in [3.05, 3.63) is 99.5 Å². The van der Waals surface area contributed by atoms with Crippen LogP contribution >= 0.6 is 15.9 Å². The first kappa shape index (κ1) is 40.4. The van der Waals surface area contributed by atoms with Crippen molar-refractivity contribution in [2.75, 3.05) is 6.61 Å². The topological polar surface area (TPSA) is 117 Å². The minimum Gasteiger partial charge on any atom is -0.490 e. The average Bonchev–Trinajstić information content (AvgIpc) is 3.02. The van der Waals surface area contributed by atoms with Crippen molar-refractivity contribution in [2.45, 2.75) is 102 Å². The molecule has 8 nitrogen and oxygen atoms in total. The molecule has 4 N–H and O–H groups in total. The van der Waals surface area contributed by atoms with E-state index in [0.29, 0.717) is 29.7 Å². The fourth-order valence-electron chi connectivity index (χ4n) is 6.36. The van der Waals surface area contributed by atoms with Crippen molar-refractivity contribution < 1.29 is 37.7 Å². The van der Waals surface area contributed by atoms with E-state index >= 15 is 4.39 Å². The largest absolute Gasteiger partial charge is 0.490 e. The van der Waals surface area contributed by atoms with E-state index in [-0.39, 0.29) is 19.4 Å². The molecule has 2 amide bonds. The van der Waals surface area contributed by atoms with Gasteiger partial charge in [-0.15, -0.1) is 0 Å². The number of carbonyl (C=O) groups excluding carboxylic acids is 2. The minimum atomic E-state index is -2.81. The van der Waals surface area contributed by atoms with Gasteiger partial charge in [0.1, 0.15) is 35.7 Å². The second-order valence-corrected chi connectivity index (χ2v) is 21.2. The highest BCUT2D eigenvalue weighted by molar-refractivity contribution is 9.10. The van der Waals surface area contributed by atoms with E-state index < -0.39 is 72.6 Å². The number of nitrogens with one attached hydrogen (secondary N) is 2. The number of halogens is 3. The van der Waals surface area contributed by atoms with Crippen molar-refractivity contribution in [1.29, 1.82) is 0 Å². The lowest BCUT2D eigenvalue weighted by molar-refractivity contribution is -0.127.